The van der Waals surface area contributed by atoms with E-state index in [0.29, 0.717) is 6.61 Å². The molecule has 3 nitrogen and oxygen atoms in total. The van der Waals surface area contributed by atoms with Gasteiger partial charge in [-0.15, -0.1) is 0 Å². The Kier molecular flexibility index (Phi) is 13.7. The van der Waals surface area contributed by atoms with Crippen LogP contribution in [-0.4, -0.2) is 24.8 Å². The van der Waals surface area contributed by atoms with Crippen molar-refractivity contribution < 1.29 is 14.3 Å². The third-order valence-corrected chi connectivity index (χ3v) is 4.81. The molecule has 0 aliphatic carbocycles. The van der Waals surface area contributed by atoms with Crippen molar-refractivity contribution in [2.24, 2.45) is 0 Å². The number of rotatable bonds is 17. The Morgan fingerprint density at radius 1 is 0.840 bits per heavy atom. The van der Waals surface area contributed by atoms with Gasteiger partial charge in [-0.2, -0.15) is 0 Å². The Morgan fingerprint density at radius 3 is 2.12 bits per heavy atom. The van der Waals surface area contributed by atoms with Gasteiger partial charge < -0.3 is 9.47 Å². The molecule has 1 fully saturated rings. The summed E-state index contributed by atoms with van der Waals surface area (Å²) in [6, 6.07) is 0. The summed E-state index contributed by atoms with van der Waals surface area (Å²) >= 11 is 0. The number of hydrogen-bond donors (Lipinski definition) is 0. The molecule has 0 aromatic rings. The van der Waals surface area contributed by atoms with E-state index in [1.165, 1.54) is 64.2 Å². The van der Waals surface area contributed by atoms with Crippen molar-refractivity contribution in [2.45, 2.75) is 116 Å². The monoisotopic (exact) mass is 352 g/mol. The highest BCUT2D eigenvalue weighted by Gasteiger charge is 2.45. The lowest BCUT2D eigenvalue weighted by molar-refractivity contribution is -0.145. The van der Waals surface area contributed by atoms with Crippen LogP contribution in [0.25, 0.3) is 0 Å². The van der Waals surface area contributed by atoms with Crippen LogP contribution >= 0.6 is 0 Å². The number of hydrogen-bond acceptors (Lipinski definition) is 3. The summed E-state index contributed by atoms with van der Waals surface area (Å²) in [5.74, 6) is -0.156. The zero-order valence-corrected chi connectivity index (χ0v) is 16.6. The van der Waals surface area contributed by atoms with Crippen LogP contribution in [-0.2, 0) is 14.3 Å². The van der Waals surface area contributed by atoms with Crippen LogP contribution in [0.4, 0.5) is 0 Å². The van der Waals surface area contributed by atoms with Gasteiger partial charge in [-0.3, -0.25) is 0 Å². The summed E-state index contributed by atoms with van der Waals surface area (Å²) in [5.41, 5.74) is 0. The van der Waals surface area contributed by atoms with E-state index in [4.69, 9.17) is 9.47 Å². The summed E-state index contributed by atoms with van der Waals surface area (Å²) < 4.78 is 10.6. The molecular formula is C22H40O3. The molecule has 3 heteroatoms. The van der Waals surface area contributed by atoms with Crippen molar-refractivity contribution in [3.63, 3.8) is 0 Å². The number of carbonyl (C=O) groups excluding carboxylic acids is 1. The first-order valence-electron chi connectivity index (χ1n) is 10.8. The van der Waals surface area contributed by atoms with Crippen molar-refractivity contribution in [3.8, 4) is 0 Å². The molecule has 0 aromatic heterocycles. The van der Waals surface area contributed by atoms with Crippen molar-refractivity contribution >= 4 is 5.97 Å². The van der Waals surface area contributed by atoms with E-state index in [9.17, 15) is 4.79 Å². The van der Waals surface area contributed by atoms with Gasteiger partial charge in [0.15, 0.2) is 6.10 Å². The third kappa shape index (κ3) is 12.2. The van der Waals surface area contributed by atoms with Crippen LogP contribution in [0, 0.1) is 0 Å². The van der Waals surface area contributed by atoms with E-state index in [1.807, 2.05) is 0 Å². The molecule has 2 atom stereocenters. The van der Waals surface area contributed by atoms with Crippen molar-refractivity contribution in [1.29, 1.82) is 0 Å². The summed E-state index contributed by atoms with van der Waals surface area (Å²) in [7, 11) is 0. The highest BCUT2D eigenvalue weighted by atomic mass is 16.6. The largest absolute Gasteiger partial charge is 0.464 e. The van der Waals surface area contributed by atoms with Crippen molar-refractivity contribution in [1.82, 2.24) is 0 Å². The summed E-state index contributed by atoms with van der Waals surface area (Å²) in [5, 5.41) is 0. The first-order chi connectivity index (χ1) is 12.3. The zero-order chi connectivity index (χ0) is 18.2. The summed E-state index contributed by atoms with van der Waals surface area (Å²) in [6.45, 7) is 4.89. The maximum absolute atomic E-state index is 11.7. The quantitative estimate of drug-likeness (QED) is 0.132. The van der Waals surface area contributed by atoms with E-state index < -0.39 is 0 Å². The fraction of sp³-hybridized carbons (Fsp3) is 0.864. The fourth-order valence-electron chi connectivity index (χ4n) is 3.03. The second-order valence-electron chi connectivity index (χ2n) is 7.28. The highest BCUT2D eigenvalue weighted by Crippen LogP contribution is 2.28. The Balaban J connectivity index is 1.82. The lowest BCUT2D eigenvalue weighted by atomic mass is 10.1. The lowest BCUT2D eigenvalue weighted by Gasteiger charge is -2.00. The molecule has 0 N–H and O–H groups in total. The first kappa shape index (κ1) is 22.2. The number of ether oxygens (including phenoxy) is 2. The van der Waals surface area contributed by atoms with Gasteiger partial charge in [0.25, 0.3) is 0 Å². The normalized spacial score (nSPS) is 19.4. The SMILES string of the molecule is CCCCCCCCC=CCCCCCC1OC1C(=O)OCCCC. The topological polar surface area (TPSA) is 38.8 Å². The molecule has 146 valence electrons. The average Bonchev–Trinajstić information content (AvgIpc) is 3.39. The molecule has 1 heterocycles. The minimum absolute atomic E-state index is 0.123. The molecule has 0 bridgehead atoms. The molecule has 1 aliphatic rings. The van der Waals surface area contributed by atoms with Crippen molar-refractivity contribution in [2.75, 3.05) is 6.61 Å². The van der Waals surface area contributed by atoms with Crippen LogP contribution in [0.3, 0.4) is 0 Å². The van der Waals surface area contributed by atoms with E-state index in [2.05, 4.69) is 26.0 Å². The van der Waals surface area contributed by atoms with Gasteiger partial charge in [0, 0.05) is 0 Å². The number of carbonyl (C=O) groups is 1. The molecular weight excluding hydrogens is 312 g/mol. The molecule has 0 radical (unpaired) electrons. The minimum atomic E-state index is -0.269. The van der Waals surface area contributed by atoms with Gasteiger partial charge in [-0.05, 0) is 38.5 Å². The van der Waals surface area contributed by atoms with Crippen LogP contribution < -0.4 is 0 Å². The van der Waals surface area contributed by atoms with Gasteiger partial charge in [0.1, 0.15) is 0 Å². The predicted octanol–water partition coefficient (Wildman–Crippen LogP) is 6.35. The average molecular weight is 353 g/mol. The Labute approximate surface area is 155 Å². The summed E-state index contributed by atoms with van der Waals surface area (Å²) in [4.78, 5) is 11.7. The highest BCUT2D eigenvalue weighted by molar-refractivity contribution is 5.77. The van der Waals surface area contributed by atoms with E-state index in [0.717, 1.165) is 25.7 Å². The van der Waals surface area contributed by atoms with Crippen molar-refractivity contribution in [3.05, 3.63) is 12.2 Å². The molecule has 0 saturated carbocycles. The smallest absolute Gasteiger partial charge is 0.338 e. The Morgan fingerprint density at radius 2 is 1.44 bits per heavy atom. The maximum Gasteiger partial charge on any atom is 0.338 e. The molecule has 0 spiro atoms. The number of allylic oxidation sites excluding steroid dienone is 2. The number of esters is 1. The van der Waals surface area contributed by atoms with Crippen LogP contribution in [0.1, 0.15) is 104 Å². The molecule has 1 saturated heterocycles. The Hall–Kier alpha value is -0.830. The van der Waals surface area contributed by atoms with E-state index in [-0.39, 0.29) is 18.2 Å². The minimum Gasteiger partial charge on any atom is -0.464 e. The van der Waals surface area contributed by atoms with Gasteiger partial charge in [0.2, 0.25) is 0 Å². The van der Waals surface area contributed by atoms with Gasteiger partial charge in [0.05, 0.1) is 12.7 Å². The van der Waals surface area contributed by atoms with E-state index in [1.54, 1.807) is 0 Å². The molecule has 0 amide bonds. The first-order valence-corrected chi connectivity index (χ1v) is 10.8. The summed E-state index contributed by atoms with van der Waals surface area (Å²) in [6.07, 6.45) is 21.8. The number of unbranched alkanes of at least 4 members (excludes halogenated alkanes) is 10. The second kappa shape index (κ2) is 15.4. The molecule has 0 aromatic carbocycles. The maximum atomic E-state index is 11.7. The molecule has 1 aliphatic heterocycles. The van der Waals surface area contributed by atoms with Gasteiger partial charge in [-0.1, -0.05) is 77.4 Å². The Bertz CT molecular complexity index is 351. The van der Waals surface area contributed by atoms with Gasteiger partial charge >= 0.3 is 5.97 Å². The third-order valence-electron chi connectivity index (χ3n) is 4.81. The standard InChI is InChI=1S/C22H40O3/c1-3-5-7-8-9-10-11-12-13-14-15-16-17-18-20-21(25-20)22(23)24-19-6-4-2/h12-13,20-21H,3-11,14-19H2,1-2H3. The van der Waals surface area contributed by atoms with Crippen LogP contribution in [0.5, 0.6) is 0 Å². The predicted molar refractivity (Wildman–Crippen MR) is 105 cm³/mol. The molecule has 2 unspecified atom stereocenters. The number of epoxide rings is 1. The van der Waals surface area contributed by atoms with Gasteiger partial charge in [-0.25, -0.2) is 4.79 Å². The van der Waals surface area contributed by atoms with E-state index >= 15 is 0 Å². The molecule has 25 heavy (non-hydrogen) atoms. The lowest BCUT2D eigenvalue weighted by Crippen LogP contribution is -2.14. The van der Waals surface area contributed by atoms with Crippen LogP contribution in [0.15, 0.2) is 12.2 Å². The fourth-order valence-corrected chi connectivity index (χ4v) is 3.03. The second-order valence-corrected chi connectivity index (χ2v) is 7.28. The van der Waals surface area contributed by atoms with Crippen LogP contribution in [0.2, 0.25) is 0 Å². The zero-order valence-electron chi connectivity index (χ0n) is 16.6. The molecule has 1 rings (SSSR count).